The molecule has 1 saturated heterocycles. The summed E-state index contributed by atoms with van der Waals surface area (Å²) in [6, 6.07) is 0. The van der Waals surface area contributed by atoms with Crippen molar-refractivity contribution in [3.63, 3.8) is 0 Å². The van der Waals surface area contributed by atoms with Gasteiger partial charge in [0.05, 0.1) is 0 Å². The minimum Gasteiger partial charge on any atom is -0.357 e. The van der Waals surface area contributed by atoms with Gasteiger partial charge < -0.3 is 20.4 Å². The first-order valence-electron chi connectivity index (χ1n) is 8.85. The van der Waals surface area contributed by atoms with Crippen LogP contribution in [0.2, 0.25) is 0 Å². The maximum absolute atomic E-state index is 4.75. The van der Waals surface area contributed by atoms with E-state index in [1.165, 1.54) is 32.7 Å². The van der Waals surface area contributed by atoms with Crippen molar-refractivity contribution in [1.82, 2.24) is 20.4 Å². The van der Waals surface area contributed by atoms with Crippen molar-refractivity contribution in [2.45, 2.75) is 47.1 Å². The summed E-state index contributed by atoms with van der Waals surface area (Å²) in [6.45, 7) is 22.1. The van der Waals surface area contributed by atoms with Crippen LogP contribution in [0.1, 0.15) is 41.5 Å². The van der Waals surface area contributed by atoms with Crippen molar-refractivity contribution in [2.24, 2.45) is 10.9 Å². The Morgan fingerprint density at radius 1 is 1.09 bits per heavy atom. The summed E-state index contributed by atoms with van der Waals surface area (Å²) in [5, 5.41) is 6.78. The normalized spacial score (nSPS) is 20.0. The fraction of sp³-hybridized carbons (Fsp3) is 0.941. The van der Waals surface area contributed by atoms with E-state index in [0.717, 1.165) is 25.6 Å². The summed E-state index contributed by atoms with van der Waals surface area (Å²) in [4.78, 5) is 9.86. The highest BCUT2D eigenvalue weighted by Crippen LogP contribution is 2.06. The fourth-order valence-electron chi connectivity index (χ4n) is 2.70. The topological polar surface area (TPSA) is 42.9 Å². The maximum Gasteiger partial charge on any atom is 0.191 e. The van der Waals surface area contributed by atoms with E-state index in [9.17, 15) is 0 Å². The van der Waals surface area contributed by atoms with Gasteiger partial charge in [0, 0.05) is 51.4 Å². The van der Waals surface area contributed by atoms with E-state index in [4.69, 9.17) is 4.99 Å². The van der Waals surface area contributed by atoms with Crippen LogP contribution in [-0.2, 0) is 0 Å². The van der Waals surface area contributed by atoms with Crippen LogP contribution in [0.15, 0.2) is 4.99 Å². The Balaban J connectivity index is 2.39. The highest BCUT2D eigenvalue weighted by atomic mass is 15.3. The third kappa shape index (κ3) is 7.99. The fourth-order valence-corrected chi connectivity index (χ4v) is 2.70. The molecule has 5 heteroatoms. The van der Waals surface area contributed by atoms with Gasteiger partial charge in [0.25, 0.3) is 0 Å². The van der Waals surface area contributed by atoms with E-state index in [2.05, 4.69) is 62.0 Å². The number of piperazine rings is 1. The molecular weight excluding hydrogens is 274 g/mol. The lowest BCUT2D eigenvalue weighted by atomic mass is 10.1. The molecule has 0 saturated carbocycles. The van der Waals surface area contributed by atoms with Gasteiger partial charge in [0.15, 0.2) is 5.96 Å². The molecule has 1 heterocycles. The molecule has 130 valence electrons. The molecule has 0 spiro atoms. The second-order valence-corrected chi connectivity index (χ2v) is 7.43. The van der Waals surface area contributed by atoms with E-state index in [1.54, 1.807) is 0 Å². The van der Waals surface area contributed by atoms with Crippen LogP contribution in [0, 0.1) is 5.92 Å². The van der Waals surface area contributed by atoms with Crippen LogP contribution in [0.3, 0.4) is 0 Å². The third-order valence-corrected chi connectivity index (χ3v) is 3.88. The lowest BCUT2D eigenvalue weighted by Gasteiger charge is -2.35. The minimum atomic E-state index is 0.0424. The average molecular weight is 312 g/mol. The summed E-state index contributed by atoms with van der Waals surface area (Å²) < 4.78 is 0. The summed E-state index contributed by atoms with van der Waals surface area (Å²) in [6.07, 6.45) is 0. The molecule has 22 heavy (non-hydrogen) atoms. The zero-order valence-corrected chi connectivity index (χ0v) is 15.6. The van der Waals surface area contributed by atoms with E-state index >= 15 is 0 Å². The lowest BCUT2D eigenvalue weighted by Crippen LogP contribution is -2.48. The van der Waals surface area contributed by atoms with Gasteiger partial charge in [-0.25, -0.2) is 0 Å². The molecule has 0 aliphatic carbocycles. The van der Waals surface area contributed by atoms with Crippen molar-refractivity contribution >= 4 is 5.96 Å². The number of hydrogen-bond donors (Lipinski definition) is 2. The predicted molar refractivity (Wildman–Crippen MR) is 96.6 cm³/mol. The van der Waals surface area contributed by atoms with E-state index in [1.807, 2.05) is 0 Å². The second kappa shape index (κ2) is 9.36. The molecule has 1 aliphatic heterocycles. The molecule has 0 amide bonds. The van der Waals surface area contributed by atoms with Crippen LogP contribution in [0.4, 0.5) is 0 Å². The highest BCUT2D eigenvalue weighted by Gasteiger charge is 2.17. The predicted octanol–water partition coefficient (Wildman–Crippen LogP) is 1.61. The molecule has 0 aromatic carbocycles. The molecule has 1 unspecified atom stereocenters. The highest BCUT2D eigenvalue weighted by molar-refractivity contribution is 5.80. The Hall–Kier alpha value is -0.810. The summed E-state index contributed by atoms with van der Waals surface area (Å²) in [5.74, 6) is 1.52. The number of hydrogen-bond acceptors (Lipinski definition) is 3. The van der Waals surface area contributed by atoms with Crippen LogP contribution in [0.25, 0.3) is 0 Å². The molecule has 0 radical (unpaired) electrons. The quantitative estimate of drug-likeness (QED) is 0.578. The Bertz CT molecular complexity index is 326. The molecule has 5 nitrogen and oxygen atoms in total. The zero-order chi connectivity index (χ0) is 16.6. The molecule has 1 fully saturated rings. The van der Waals surface area contributed by atoms with Crippen LogP contribution >= 0.6 is 0 Å². The monoisotopic (exact) mass is 311 g/mol. The van der Waals surface area contributed by atoms with Gasteiger partial charge in [-0.15, -0.1) is 0 Å². The first-order valence-corrected chi connectivity index (χ1v) is 8.85. The SMILES string of the molecule is CCNC(=NCC(C)CN1CCN(CC)CC1)NC(C)(C)C. The van der Waals surface area contributed by atoms with Crippen molar-refractivity contribution < 1.29 is 0 Å². The molecule has 0 aromatic rings. The minimum absolute atomic E-state index is 0.0424. The third-order valence-electron chi connectivity index (χ3n) is 3.88. The standard InChI is InChI=1S/C17H37N5/c1-7-18-16(20-17(4,5)6)19-13-15(3)14-22-11-9-21(8-2)10-12-22/h15H,7-14H2,1-6H3,(H2,18,19,20). The second-order valence-electron chi connectivity index (χ2n) is 7.43. The molecule has 1 aliphatic rings. The van der Waals surface area contributed by atoms with Crippen molar-refractivity contribution in [3.8, 4) is 0 Å². The largest absolute Gasteiger partial charge is 0.357 e. The van der Waals surface area contributed by atoms with Crippen LogP contribution in [-0.4, -0.2) is 73.7 Å². The smallest absolute Gasteiger partial charge is 0.191 e. The Morgan fingerprint density at radius 2 is 1.68 bits per heavy atom. The number of rotatable bonds is 6. The van der Waals surface area contributed by atoms with E-state index in [0.29, 0.717) is 5.92 Å². The Labute approximate surface area is 137 Å². The number of nitrogens with one attached hydrogen (secondary N) is 2. The summed E-state index contributed by atoms with van der Waals surface area (Å²) in [7, 11) is 0. The van der Waals surface area contributed by atoms with Gasteiger partial charge in [-0.1, -0.05) is 13.8 Å². The van der Waals surface area contributed by atoms with Gasteiger partial charge in [-0.2, -0.15) is 0 Å². The van der Waals surface area contributed by atoms with E-state index in [-0.39, 0.29) is 5.54 Å². The maximum atomic E-state index is 4.75. The molecule has 1 atom stereocenters. The molecule has 0 aromatic heterocycles. The zero-order valence-electron chi connectivity index (χ0n) is 15.6. The summed E-state index contributed by atoms with van der Waals surface area (Å²) in [5.41, 5.74) is 0.0424. The molecule has 2 N–H and O–H groups in total. The van der Waals surface area contributed by atoms with Crippen molar-refractivity contribution in [2.75, 3.05) is 52.4 Å². The summed E-state index contributed by atoms with van der Waals surface area (Å²) >= 11 is 0. The molecule has 0 bridgehead atoms. The number of likely N-dealkylation sites (N-methyl/N-ethyl adjacent to an activating group) is 1. The first-order chi connectivity index (χ1) is 10.3. The van der Waals surface area contributed by atoms with Crippen LogP contribution < -0.4 is 10.6 Å². The Morgan fingerprint density at radius 3 is 2.18 bits per heavy atom. The average Bonchev–Trinajstić information content (AvgIpc) is 2.44. The van der Waals surface area contributed by atoms with Gasteiger partial charge in [0.1, 0.15) is 0 Å². The number of nitrogens with zero attached hydrogens (tertiary/aromatic N) is 3. The van der Waals surface area contributed by atoms with Gasteiger partial charge >= 0.3 is 0 Å². The first kappa shape index (κ1) is 19.2. The number of guanidine groups is 1. The lowest BCUT2D eigenvalue weighted by molar-refractivity contribution is 0.125. The van der Waals surface area contributed by atoms with Crippen molar-refractivity contribution in [1.29, 1.82) is 0 Å². The molecular formula is C17H37N5. The molecule has 1 rings (SSSR count). The van der Waals surface area contributed by atoms with Crippen LogP contribution in [0.5, 0.6) is 0 Å². The van der Waals surface area contributed by atoms with Gasteiger partial charge in [0.2, 0.25) is 0 Å². The van der Waals surface area contributed by atoms with Crippen molar-refractivity contribution in [3.05, 3.63) is 0 Å². The van der Waals surface area contributed by atoms with Gasteiger partial charge in [-0.05, 0) is 40.2 Å². The van der Waals surface area contributed by atoms with E-state index < -0.39 is 0 Å². The van der Waals surface area contributed by atoms with Gasteiger partial charge in [-0.3, -0.25) is 4.99 Å². The number of aliphatic imine (C=N–C) groups is 1. The Kier molecular flexibility index (Phi) is 8.18.